The van der Waals surface area contributed by atoms with Gasteiger partial charge < -0.3 is 5.32 Å². The number of rotatable bonds is 5. The van der Waals surface area contributed by atoms with Crippen LogP contribution in [0.4, 0.5) is 5.69 Å². The largest absolute Gasteiger partial charge is 0.323 e. The molecule has 2 aromatic carbocycles. The third-order valence-electron chi connectivity index (χ3n) is 3.84. The van der Waals surface area contributed by atoms with Crippen molar-refractivity contribution >= 4 is 57.7 Å². The van der Waals surface area contributed by atoms with Gasteiger partial charge in [-0.15, -0.1) is 10.2 Å². The number of hydrogen-bond donors (Lipinski definition) is 1. The van der Waals surface area contributed by atoms with Crippen LogP contribution in [-0.2, 0) is 4.79 Å². The summed E-state index contributed by atoms with van der Waals surface area (Å²) in [5.41, 5.74) is 3.95. The molecule has 1 amide bonds. The van der Waals surface area contributed by atoms with E-state index in [1.165, 1.54) is 11.8 Å². The van der Waals surface area contributed by atoms with Gasteiger partial charge in [-0.25, -0.2) is 0 Å². The first-order valence-corrected chi connectivity index (χ1v) is 10.0. The van der Waals surface area contributed by atoms with Gasteiger partial charge in [0.15, 0.2) is 5.16 Å². The van der Waals surface area contributed by atoms with Crippen LogP contribution in [0.5, 0.6) is 0 Å². The van der Waals surface area contributed by atoms with E-state index in [0.29, 0.717) is 21.4 Å². The number of halogens is 1. The van der Waals surface area contributed by atoms with Crippen molar-refractivity contribution in [2.45, 2.75) is 12.1 Å². The number of hydrogen-bond acceptors (Lipinski definition) is 7. The molecule has 0 spiro atoms. The monoisotopic (exact) mass is 416 g/mol. The molecule has 0 aliphatic rings. The van der Waals surface area contributed by atoms with Crippen LogP contribution in [0.25, 0.3) is 16.7 Å². The Morgan fingerprint density at radius 2 is 2.19 bits per heavy atom. The maximum absolute atomic E-state index is 12.4. The molecule has 0 saturated heterocycles. The van der Waals surface area contributed by atoms with E-state index in [2.05, 4.69) is 24.3 Å². The zero-order valence-electron chi connectivity index (χ0n) is 14.1. The predicted octanol–water partition coefficient (Wildman–Crippen LogP) is 3.96. The summed E-state index contributed by atoms with van der Waals surface area (Å²) in [4.78, 5) is 12.4. The average Bonchev–Trinajstić information content (AvgIpc) is 3.32. The Morgan fingerprint density at radius 1 is 1.30 bits per heavy atom. The zero-order valence-corrected chi connectivity index (χ0v) is 16.5. The lowest BCUT2D eigenvalue weighted by atomic mass is 10.2. The van der Waals surface area contributed by atoms with Crippen LogP contribution >= 0.6 is 35.1 Å². The van der Waals surface area contributed by atoms with Crippen molar-refractivity contribution in [1.29, 1.82) is 0 Å². The van der Waals surface area contributed by atoms with Crippen LogP contribution in [0, 0.1) is 6.92 Å². The summed E-state index contributed by atoms with van der Waals surface area (Å²) in [6.45, 7) is 1.94. The molecule has 2 heterocycles. The Labute approximate surface area is 168 Å². The van der Waals surface area contributed by atoms with Crippen molar-refractivity contribution in [2.24, 2.45) is 0 Å². The molecular weight excluding hydrogens is 404 g/mol. The van der Waals surface area contributed by atoms with Gasteiger partial charge in [0.1, 0.15) is 17.4 Å². The van der Waals surface area contributed by atoms with E-state index in [4.69, 9.17) is 11.6 Å². The third-order valence-corrected chi connectivity index (χ3v) is 5.74. The van der Waals surface area contributed by atoms with Gasteiger partial charge >= 0.3 is 0 Å². The van der Waals surface area contributed by atoms with Crippen molar-refractivity contribution in [3.8, 4) is 5.69 Å². The van der Waals surface area contributed by atoms with Crippen molar-refractivity contribution < 1.29 is 4.79 Å². The zero-order chi connectivity index (χ0) is 18.8. The number of amides is 1. The minimum absolute atomic E-state index is 0.156. The van der Waals surface area contributed by atoms with E-state index < -0.39 is 0 Å². The Hall–Kier alpha value is -2.49. The maximum atomic E-state index is 12.4. The minimum Gasteiger partial charge on any atom is -0.323 e. The third kappa shape index (κ3) is 3.80. The molecule has 0 fully saturated rings. The lowest BCUT2D eigenvalue weighted by molar-refractivity contribution is -0.113. The Kier molecular flexibility index (Phi) is 5.06. The Morgan fingerprint density at radius 3 is 3.04 bits per heavy atom. The summed E-state index contributed by atoms with van der Waals surface area (Å²) < 4.78 is 10.2. The van der Waals surface area contributed by atoms with Gasteiger partial charge in [-0.2, -0.15) is 8.75 Å². The van der Waals surface area contributed by atoms with Crippen LogP contribution in [-0.4, -0.2) is 35.2 Å². The Bertz CT molecular complexity index is 1130. The number of carbonyl (C=O) groups excluding carboxylic acids is 1. The van der Waals surface area contributed by atoms with Crippen LogP contribution in [0.3, 0.4) is 0 Å². The van der Waals surface area contributed by atoms with Crippen LogP contribution in [0.2, 0.25) is 5.02 Å². The second-order valence-corrected chi connectivity index (χ2v) is 7.57. The number of anilines is 1. The molecular formula is C17H13ClN6OS2. The second kappa shape index (κ2) is 7.63. The molecule has 0 saturated carbocycles. The minimum atomic E-state index is -0.156. The van der Waals surface area contributed by atoms with E-state index >= 15 is 0 Å². The summed E-state index contributed by atoms with van der Waals surface area (Å²) in [5, 5.41) is 12.2. The van der Waals surface area contributed by atoms with Crippen molar-refractivity contribution in [3.63, 3.8) is 0 Å². The molecule has 1 N–H and O–H groups in total. The number of aryl methyl sites for hydroxylation is 1. The molecule has 136 valence electrons. The highest BCUT2D eigenvalue weighted by Gasteiger charge is 2.13. The summed E-state index contributed by atoms with van der Waals surface area (Å²) in [7, 11) is 0. The van der Waals surface area contributed by atoms with Gasteiger partial charge in [-0.3, -0.25) is 9.36 Å². The van der Waals surface area contributed by atoms with Gasteiger partial charge in [0.25, 0.3) is 0 Å². The van der Waals surface area contributed by atoms with E-state index in [1.54, 1.807) is 10.9 Å². The molecule has 2 aromatic heterocycles. The fourth-order valence-electron chi connectivity index (χ4n) is 2.45. The quantitative estimate of drug-likeness (QED) is 0.495. The second-order valence-electron chi connectivity index (χ2n) is 5.69. The molecule has 0 bridgehead atoms. The molecule has 0 unspecified atom stereocenters. The van der Waals surface area contributed by atoms with Crippen molar-refractivity contribution in [1.82, 2.24) is 23.5 Å². The summed E-state index contributed by atoms with van der Waals surface area (Å²) >= 11 is 8.62. The number of thioether (sulfide) groups is 1. The fourth-order valence-corrected chi connectivity index (χ4v) is 3.91. The topological polar surface area (TPSA) is 85.6 Å². The van der Waals surface area contributed by atoms with Crippen LogP contribution < -0.4 is 5.32 Å². The van der Waals surface area contributed by atoms with Gasteiger partial charge in [0.05, 0.1) is 28.9 Å². The molecule has 0 radical (unpaired) electrons. The standard InChI is InChI=1S/C17H13ClN6OS2/c1-10-5-6-11(7-12(10)18)24-9-19-21-17(24)26-8-15(25)20-13-3-2-4-14-16(13)23-27-22-14/h2-7,9H,8H2,1H3,(H,20,25). The maximum Gasteiger partial charge on any atom is 0.234 e. The first kappa shape index (κ1) is 17.9. The number of carbonyl (C=O) groups is 1. The number of nitrogens with zero attached hydrogens (tertiary/aromatic N) is 5. The molecule has 4 aromatic rings. The van der Waals surface area contributed by atoms with Gasteiger partial charge in [0.2, 0.25) is 5.91 Å². The van der Waals surface area contributed by atoms with Crippen LogP contribution in [0.15, 0.2) is 47.9 Å². The van der Waals surface area contributed by atoms with E-state index in [1.807, 2.05) is 43.3 Å². The number of aromatic nitrogens is 5. The normalized spacial score (nSPS) is 11.0. The van der Waals surface area contributed by atoms with Crippen molar-refractivity contribution in [3.05, 3.63) is 53.3 Å². The fraction of sp³-hybridized carbons (Fsp3) is 0.118. The van der Waals surface area contributed by atoms with E-state index in [9.17, 15) is 4.79 Å². The number of nitrogens with one attached hydrogen (secondary N) is 1. The molecule has 0 aliphatic heterocycles. The van der Waals surface area contributed by atoms with E-state index in [-0.39, 0.29) is 11.7 Å². The average molecular weight is 417 g/mol. The van der Waals surface area contributed by atoms with Gasteiger partial charge in [-0.05, 0) is 36.8 Å². The lowest BCUT2D eigenvalue weighted by Crippen LogP contribution is -2.14. The molecule has 4 rings (SSSR count). The molecule has 27 heavy (non-hydrogen) atoms. The molecule has 0 aliphatic carbocycles. The van der Waals surface area contributed by atoms with Gasteiger partial charge in [-0.1, -0.05) is 35.5 Å². The Balaban J connectivity index is 1.46. The molecule has 7 nitrogen and oxygen atoms in total. The summed E-state index contributed by atoms with van der Waals surface area (Å²) in [6, 6.07) is 11.2. The van der Waals surface area contributed by atoms with E-state index in [0.717, 1.165) is 28.5 Å². The molecule has 0 atom stereocenters. The van der Waals surface area contributed by atoms with Crippen molar-refractivity contribution in [2.75, 3.05) is 11.1 Å². The number of benzene rings is 2. The number of fused-ring (bicyclic) bond motifs is 1. The highest BCUT2D eigenvalue weighted by Crippen LogP contribution is 2.25. The lowest BCUT2D eigenvalue weighted by Gasteiger charge is -2.08. The summed E-state index contributed by atoms with van der Waals surface area (Å²) in [6.07, 6.45) is 1.60. The SMILES string of the molecule is Cc1ccc(-n2cnnc2SCC(=O)Nc2cccc3nsnc23)cc1Cl. The van der Waals surface area contributed by atoms with Crippen LogP contribution in [0.1, 0.15) is 5.56 Å². The highest BCUT2D eigenvalue weighted by atomic mass is 35.5. The smallest absolute Gasteiger partial charge is 0.234 e. The predicted molar refractivity (Wildman–Crippen MR) is 108 cm³/mol. The first-order chi connectivity index (χ1) is 13.1. The highest BCUT2D eigenvalue weighted by molar-refractivity contribution is 7.99. The molecule has 10 heteroatoms. The first-order valence-electron chi connectivity index (χ1n) is 7.92. The van der Waals surface area contributed by atoms with Gasteiger partial charge in [0, 0.05) is 5.02 Å². The summed E-state index contributed by atoms with van der Waals surface area (Å²) in [5.74, 6) is 0.0312.